The second kappa shape index (κ2) is 4.79. The molecule has 1 N–H and O–H groups in total. The molecule has 19 heavy (non-hydrogen) atoms. The third-order valence-electron chi connectivity index (χ3n) is 2.81. The lowest BCUT2D eigenvalue weighted by Gasteiger charge is -2.16. The van der Waals surface area contributed by atoms with E-state index in [0.717, 1.165) is 10.6 Å². The summed E-state index contributed by atoms with van der Waals surface area (Å²) in [7, 11) is 0. The minimum atomic E-state index is -3.41. The summed E-state index contributed by atoms with van der Waals surface area (Å²) in [5.41, 5.74) is -2.55. The van der Waals surface area contributed by atoms with Crippen molar-refractivity contribution in [1.82, 2.24) is 9.55 Å². The number of hydrogen-bond donors (Lipinski definition) is 1. The summed E-state index contributed by atoms with van der Waals surface area (Å²) in [6.07, 6.45) is 0. The van der Waals surface area contributed by atoms with Gasteiger partial charge in [0.15, 0.2) is 0 Å². The van der Waals surface area contributed by atoms with Crippen LogP contribution in [0.5, 0.6) is 0 Å². The van der Waals surface area contributed by atoms with Crippen LogP contribution in [0.25, 0.3) is 0 Å². The normalized spacial score (nSPS) is 11.5. The molecular weight excluding hydrogens is 254 g/mol. The molecule has 6 heteroatoms. The Balaban J connectivity index is 2.60. The molecule has 0 saturated heterocycles. The quantitative estimate of drug-likeness (QED) is 0.919. The van der Waals surface area contributed by atoms with Crippen LogP contribution >= 0.6 is 0 Å². The molecule has 0 amide bonds. The van der Waals surface area contributed by atoms with E-state index in [2.05, 4.69) is 4.98 Å². The van der Waals surface area contributed by atoms with E-state index in [-0.39, 0.29) is 12.1 Å². The first kappa shape index (κ1) is 13.2. The van der Waals surface area contributed by atoms with Crippen LogP contribution < -0.4 is 11.2 Å². The average molecular weight is 266 g/mol. The van der Waals surface area contributed by atoms with Crippen molar-refractivity contribution >= 4 is 0 Å². The Morgan fingerprint density at radius 1 is 1.21 bits per heavy atom. The lowest BCUT2D eigenvalue weighted by molar-refractivity contribution is 0.0372. The summed E-state index contributed by atoms with van der Waals surface area (Å²) in [5, 5.41) is 0. The van der Waals surface area contributed by atoms with Crippen molar-refractivity contribution < 1.29 is 8.78 Å². The molecule has 2 rings (SSSR count). The Bertz CT molecular complexity index is 659. The lowest BCUT2D eigenvalue weighted by Crippen LogP contribution is -2.37. The fourth-order valence-electron chi connectivity index (χ4n) is 1.79. The van der Waals surface area contributed by atoms with Crippen molar-refractivity contribution in [2.45, 2.75) is 19.4 Å². The van der Waals surface area contributed by atoms with Crippen LogP contribution in [-0.2, 0) is 12.5 Å². The standard InChI is InChI=1S/C13H12F2N2O2/c1-2-17-11(18)8-10(16-12(17)19)13(14,15)9-6-4-3-5-7-9/h3-8H,2H2,1H3,(H,16,19). The molecule has 1 aromatic carbocycles. The first-order valence-corrected chi connectivity index (χ1v) is 5.74. The van der Waals surface area contributed by atoms with Gasteiger partial charge < -0.3 is 4.98 Å². The van der Waals surface area contributed by atoms with E-state index in [1.54, 1.807) is 13.0 Å². The van der Waals surface area contributed by atoms with Gasteiger partial charge in [0.1, 0.15) is 0 Å². The summed E-state index contributed by atoms with van der Waals surface area (Å²) >= 11 is 0. The first-order chi connectivity index (χ1) is 8.96. The SMILES string of the molecule is CCn1c(=O)cc(C(F)(F)c2ccccc2)[nH]c1=O. The highest BCUT2D eigenvalue weighted by molar-refractivity contribution is 5.28. The smallest absolute Gasteiger partial charge is 0.305 e. The Morgan fingerprint density at radius 2 is 1.84 bits per heavy atom. The van der Waals surface area contributed by atoms with Gasteiger partial charge in [0.25, 0.3) is 5.56 Å². The highest BCUT2D eigenvalue weighted by Crippen LogP contribution is 2.32. The summed E-state index contributed by atoms with van der Waals surface area (Å²) in [5.74, 6) is -3.41. The van der Waals surface area contributed by atoms with E-state index in [4.69, 9.17) is 0 Å². The van der Waals surface area contributed by atoms with Crippen molar-refractivity contribution in [3.63, 3.8) is 0 Å². The maximum absolute atomic E-state index is 14.2. The number of alkyl halides is 2. The van der Waals surface area contributed by atoms with Gasteiger partial charge in [-0.3, -0.25) is 9.36 Å². The number of nitrogens with zero attached hydrogens (tertiary/aromatic N) is 1. The molecule has 1 heterocycles. The van der Waals surface area contributed by atoms with Gasteiger partial charge in [-0.15, -0.1) is 0 Å². The molecule has 4 nitrogen and oxygen atoms in total. The van der Waals surface area contributed by atoms with E-state index in [1.165, 1.54) is 24.3 Å². The van der Waals surface area contributed by atoms with Gasteiger partial charge in [-0.05, 0) is 6.92 Å². The van der Waals surface area contributed by atoms with E-state index in [9.17, 15) is 18.4 Å². The molecule has 0 aliphatic rings. The number of rotatable bonds is 3. The number of aromatic nitrogens is 2. The van der Waals surface area contributed by atoms with Gasteiger partial charge >= 0.3 is 11.6 Å². The molecule has 0 saturated carbocycles. The molecule has 0 spiro atoms. The predicted molar refractivity (Wildman–Crippen MR) is 66.4 cm³/mol. The van der Waals surface area contributed by atoms with Crippen molar-refractivity contribution in [3.05, 3.63) is 68.5 Å². The second-order valence-corrected chi connectivity index (χ2v) is 4.01. The molecule has 0 aliphatic heterocycles. The molecule has 0 radical (unpaired) electrons. The van der Waals surface area contributed by atoms with Gasteiger partial charge in [0.05, 0.1) is 5.69 Å². The molecule has 2 aromatic rings. The van der Waals surface area contributed by atoms with E-state index >= 15 is 0 Å². The van der Waals surface area contributed by atoms with Crippen molar-refractivity contribution in [1.29, 1.82) is 0 Å². The lowest BCUT2D eigenvalue weighted by atomic mass is 10.1. The van der Waals surface area contributed by atoms with Gasteiger partial charge in [-0.25, -0.2) is 4.79 Å². The fraction of sp³-hybridized carbons (Fsp3) is 0.231. The van der Waals surface area contributed by atoms with Gasteiger partial charge in [-0.1, -0.05) is 30.3 Å². The monoisotopic (exact) mass is 266 g/mol. The number of hydrogen-bond acceptors (Lipinski definition) is 2. The van der Waals surface area contributed by atoms with Crippen LogP contribution in [0.4, 0.5) is 8.78 Å². The molecule has 0 aliphatic carbocycles. The second-order valence-electron chi connectivity index (χ2n) is 4.01. The fourth-order valence-corrected chi connectivity index (χ4v) is 1.79. The molecule has 0 bridgehead atoms. The number of benzene rings is 1. The third-order valence-corrected chi connectivity index (χ3v) is 2.81. The highest BCUT2D eigenvalue weighted by atomic mass is 19.3. The van der Waals surface area contributed by atoms with Crippen LogP contribution in [0.1, 0.15) is 18.2 Å². The zero-order valence-corrected chi connectivity index (χ0v) is 10.2. The van der Waals surface area contributed by atoms with Gasteiger partial charge in [0, 0.05) is 18.2 Å². The molecular formula is C13H12F2N2O2. The minimum Gasteiger partial charge on any atom is -0.305 e. The average Bonchev–Trinajstić information content (AvgIpc) is 2.39. The number of aromatic amines is 1. The molecule has 0 atom stereocenters. The largest absolute Gasteiger partial charge is 0.328 e. The minimum absolute atomic E-state index is 0.130. The first-order valence-electron chi connectivity index (χ1n) is 5.74. The van der Waals surface area contributed by atoms with Crippen molar-refractivity contribution in [2.75, 3.05) is 0 Å². The zero-order chi connectivity index (χ0) is 14.0. The van der Waals surface area contributed by atoms with E-state index in [0.29, 0.717) is 0 Å². The Kier molecular flexibility index (Phi) is 3.33. The Morgan fingerprint density at radius 3 is 2.37 bits per heavy atom. The van der Waals surface area contributed by atoms with Crippen LogP contribution in [-0.4, -0.2) is 9.55 Å². The predicted octanol–water partition coefficient (Wildman–Crippen LogP) is 1.70. The summed E-state index contributed by atoms with van der Waals surface area (Å²) in [6, 6.07) is 7.78. The van der Waals surface area contributed by atoms with E-state index < -0.39 is 22.9 Å². The van der Waals surface area contributed by atoms with Crippen LogP contribution in [0.2, 0.25) is 0 Å². The zero-order valence-electron chi connectivity index (χ0n) is 10.2. The topological polar surface area (TPSA) is 54.9 Å². The Hall–Kier alpha value is -2.24. The van der Waals surface area contributed by atoms with E-state index in [1.807, 2.05) is 0 Å². The number of H-pyrrole nitrogens is 1. The van der Waals surface area contributed by atoms with Gasteiger partial charge in [0.2, 0.25) is 0 Å². The highest BCUT2D eigenvalue weighted by Gasteiger charge is 2.35. The van der Waals surface area contributed by atoms with Crippen LogP contribution in [0, 0.1) is 0 Å². The Labute approximate surface area is 107 Å². The maximum atomic E-state index is 14.2. The number of halogens is 2. The molecule has 0 fully saturated rings. The molecule has 1 aromatic heterocycles. The van der Waals surface area contributed by atoms with Crippen molar-refractivity contribution in [3.8, 4) is 0 Å². The molecule has 0 unspecified atom stereocenters. The maximum Gasteiger partial charge on any atom is 0.328 e. The molecule has 100 valence electrons. The third kappa shape index (κ3) is 2.33. The summed E-state index contributed by atoms with van der Waals surface area (Å²) < 4.78 is 29.2. The van der Waals surface area contributed by atoms with Crippen molar-refractivity contribution in [2.24, 2.45) is 0 Å². The number of nitrogens with one attached hydrogen (secondary N) is 1. The summed E-state index contributed by atoms with van der Waals surface area (Å²) in [4.78, 5) is 25.2. The van der Waals surface area contributed by atoms with Crippen LogP contribution in [0.3, 0.4) is 0 Å². The van der Waals surface area contributed by atoms with Crippen LogP contribution in [0.15, 0.2) is 46.0 Å². The summed E-state index contributed by atoms with van der Waals surface area (Å²) in [6.45, 7) is 1.72. The van der Waals surface area contributed by atoms with Gasteiger partial charge in [-0.2, -0.15) is 8.78 Å².